The molecule has 1 saturated heterocycles. The zero-order valence-corrected chi connectivity index (χ0v) is 6.08. The zero-order valence-electron chi connectivity index (χ0n) is 6.08. The van der Waals surface area contributed by atoms with E-state index in [0.717, 1.165) is 19.4 Å². The van der Waals surface area contributed by atoms with Crippen molar-refractivity contribution in [3.8, 4) is 0 Å². The van der Waals surface area contributed by atoms with Crippen molar-refractivity contribution in [3.63, 3.8) is 0 Å². The van der Waals surface area contributed by atoms with Crippen LogP contribution in [0.2, 0.25) is 0 Å². The first-order valence-electron chi connectivity index (χ1n) is 3.68. The Morgan fingerprint density at radius 2 is 2.45 bits per heavy atom. The molecule has 60 valence electrons. The van der Waals surface area contributed by atoms with Crippen molar-refractivity contribution in [2.75, 3.05) is 12.3 Å². The van der Waals surface area contributed by atoms with Crippen molar-refractivity contribution in [2.24, 2.45) is 0 Å². The summed E-state index contributed by atoms with van der Waals surface area (Å²) >= 11 is 0. The molecule has 2 rings (SSSR count). The first-order valence-corrected chi connectivity index (χ1v) is 3.68. The molecule has 0 radical (unpaired) electrons. The van der Waals surface area contributed by atoms with Gasteiger partial charge in [0, 0.05) is 0 Å². The van der Waals surface area contributed by atoms with Gasteiger partial charge < -0.3 is 15.5 Å². The Morgan fingerprint density at radius 3 is 3.00 bits per heavy atom. The molecule has 0 amide bonds. The topological polar surface area (TPSA) is 77.0 Å². The van der Waals surface area contributed by atoms with Crippen LogP contribution in [0, 0.1) is 0 Å². The number of rotatable bonds is 1. The quantitative estimate of drug-likeness (QED) is 0.598. The predicted molar refractivity (Wildman–Crippen MR) is 38.7 cm³/mol. The number of anilines is 1. The molecule has 5 heteroatoms. The minimum absolute atomic E-state index is 0.147. The van der Waals surface area contributed by atoms with Crippen molar-refractivity contribution in [3.05, 3.63) is 5.89 Å². The molecule has 0 aliphatic carbocycles. The van der Waals surface area contributed by atoms with Crippen molar-refractivity contribution >= 4 is 6.01 Å². The molecule has 1 fully saturated rings. The van der Waals surface area contributed by atoms with Crippen LogP contribution < -0.4 is 11.1 Å². The van der Waals surface area contributed by atoms with Crippen LogP contribution in [0.3, 0.4) is 0 Å². The first kappa shape index (κ1) is 6.60. The fourth-order valence-electron chi connectivity index (χ4n) is 1.28. The molecule has 1 aliphatic rings. The Balaban J connectivity index is 2.15. The number of nitrogens with two attached hydrogens (primary N) is 1. The third-order valence-corrected chi connectivity index (χ3v) is 1.81. The molecule has 2 heterocycles. The van der Waals surface area contributed by atoms with E-state index in [-0.39, 0.29) is 12.1 Å². The number of nitrogens with one attached hydrogen (secondary N) is 1. The van der Waals surface area contributed by atoms with E-state index in [1.807, 2.05) is 0 Å². The van der Waals surface area contributed by atoms with Gasteiger partial charge >= 0.3 is 6.01 Å². The molecule has 3 N–H and O–H groups in total. The fourth-order valence-corrected chi connectivity index (χ4v) is 1.28. The molecule has 1 aromatic rings. The standard InChI is InChI=1S/C6H10N4O/c7-6-10-9-5(11-6)4-2-1-3-8-4/h4,8H,1-3H2,(H2,7,10). The maximum absolute atomic E-state index is 5.28. The van der Waals surface area contributed by atoms with Crippen molar-refractivity contribution in [1.82, 2.24) is 15.5 Å². The van der Waals surface area contributed by atoms with Gasteiger partial charge in [-0.25, -0.2) is 0 Å². The average Bonchev–Trinajstić information content (AvgIpc) is 2.55. The monoisotopic (exact) mass is 154 g/mol. The van der Waals surface area contributed by atoms with Crippen LogP contribution in [0.1, 0.15) is 24.8 Å². The molecule has 5 nitrogen and oxygen atoms in total. The van der Waals surface area contributed by atoms with Crippen molar-refractivity contribution < 1.29 is 4.42 Å². The van der Waals surface area contributed by atoms with Gasteiger partial charge in [-0.15, -0.1) is 5.10 Å². The Morgan fingerprint density at radius 1 is 1.55 bits per heavy atom. The summed E-state index contributed by atoms with van der Waals surface area (Å²) in [6.07, 6.45) is 2.22. The summed E-state index contributed by atoms with van der Waals surface area (Å²) in [6.45, 7) is 1.02. The van der Waals surface area contributed by atoms with Crippen LogP contribution in [0.4, 0.5) is 6.01 Å². The molecule has 0 spiro atoms. The Hall–Kier alpha value is -1.10. The molecule has 1 aromatic heterocycles. The predicted octanol–water partition coefficient (Wildman–Crippen LogP) is 0.0763. The van der Waals surface area contributed by atoms with Crippen LogP contribution >= 0.6 is 0 Å². The summed E-state index contributed by atoms with van der Waals surface area (Å²) in [5, 5.41) is 10.6. The Labute approximate surface area is 64.0 Å². The molecule has 11 heavy (non-hydrogen) atoms. The van der Waals surface area contributed by atoms with Gasteiger partial charge in [0.1, 0.15) is 0 Å². The summed E-state index contributed by atoms with van der Waals surface area (Å²) in [6, 6.07) is 0.369. The Bertz CT molecular complexity index is 240. The highest BCUT2D eigenvalue weighted by Crippen LogP contribution is 2.21. The van der Waals surface area contributed by atoms with E-state index in [0.29, 0.717) is 5.89 Å². The van der Waals surface area contributed by atoms with E-state index >= 15 is 0 Å². The largest absolute Gasteiger partial charge is 0.407 e. The summed E-state index contributed by atoms with van der Waals surface area (Å²) in [5.74, 6) is 0.611. The second kappa shape index (κ2) is 2.50. The second-order valence-corrected chi connectivity index (χ2v) is 2.63. The average molecular weight is 154 g/mol. The third kappa shape index (κ3) is 1.19. The van der Waals surface area contributed by atoms with Gasteiger partial charge in [-0.1, -0.05) is 5.10 Å². The smallest absolute Gasteiger partial charge is 0.312 e. The lowest BCUT2D eigenvalue weighted by Crippen LogP contribution is -2.12. The van der Waals surface area contributed by atoms with Gasteiger partial charge in [0.05, 0.1) is 6.04 Å². The maximum Gasteiger partial charge on any atom is 0.312 e. The van der Waals surface area contributed by atoms with E-state index in [1.54, 1.807) is 0 Å². The number of nitrogen functional groups attached to an aromatic ring is 1. The Kier molecular flexibility index (Phi) is 1.50. The van der Waals surface area contributed by atoms with Gasteiger partial charge in [-0.05, 0) is 19.4 Å². The highest BCUT2D eigenvalue weighted by Gasteiger charge is 2.21. The van der Waals surface area contributed by atoms with Gasteiger partial charge in [-0.3, -0.25) is 0 Å². The normalized spacial score (nSPS) is 24.2. The highest BCUT2D eigenvalue weighted by molar-refractivity contribution is 5.07. The minimum Gasteiger partial charge on any atom is -0.407 e. The van der Waals surface area contributed by atoms with Crippen molar-refractivity contribution in [1.29, 1.82) is 0 Å². The lowest BCUT2D eigenvalue weighted by atomic mass is 10.2. The highest BCUT2D eigenvalue weighted by atomic mass is 16.4. The van der Waals surface area contributed by atoms with E-state index in [2.05, 4.69) is 15.5 Å². The number of nitrogens with zero attached hydrogens (tertiary/aromatic N) is 2. The van der Waals surface area contributed by atoms with Crippen LogP contribution in [0.15, 0.2) is 4.42 Å². The molecule has 0 aromatic carbocycles. The van der Waals surface area contributed by atoms with E-state index in [4.69, 9.17) is 10.2 Å². The van der Waals surface area contributed by atoms with Gasteiger partial charge in [-0.2, -0.15) is 0 Å². The SMILES string of the molecule is Nc1nnc(C2CCCN2)o1. The summed E-state index contributed by atoms with van der Waals surface area (Å²) in [5.41, 5.74) is 5.28. The molecular weight excluding hydrogens is 144 g/mol. The fraction of sp³-hybridized carbons (Fsp3) is 0.667. The maximum atomic E-state index is 5.28. The lowest BCUT2D eigenvalue weighted by molar-refractivity contribution is 0.440. The van der Waals surface area contributed by atoms with E-state index < -0.39 is 0 Å². The number of hydrogen-bond donors (Lipinski definition) is 2. The minimum atomic E-state index is 0.147. The summed E-state index contributed by atoms with van der Waals surface area (Å²) in [4.78, 5) is 0. The molecule has 0 saturated carbocycles. The molecule has 1 atom stereocenters. The van der Waals surface area contributed by atoms with Crippen molar-refractivity contribution in [2.45, 2.75) is 18.9 Å². The first-order chi connectivity index (χ1) is 5.36. The molecule has 1 aliphatic heterocycles. The van der Waals surface area contributed by atoms with Crippen LogP contribution in [0.5, 0.6) is 0 Å². The van der Waals surface area contributed by atoms with Crippen LogP contribution in [-0.4, -0.2) is 16.7 Å². The lowest BCUT2D eigenvalue weighted by Gasteiger charge is -2.01. The summed E-state index contributed by atoms with van der Waals surface area (Å²) < 4.78 is 5.06. The third-order valence-electron chi connectivity index (χ3n) is 1.81. The molecular formula is C6H10N4O. The van der Waals surface area contributed by atoms with Crippen LogP contribution in [-0.2, 0) is 0 Å². The van der Waals surface area contributed by atoms with E-state index in [1.165, 1.54) is 0 Å². The molecule has 0 bridgehead atoms. The zero-order chi connectivity index (χ0) is 7.68. The van der Waals surface area contributed by atoms with Crippen LogP contribution in [0.25, 0.3) is 0 Å². The van der Waals surface area contributed by atoms with E-state index in [9.17, 15) is 0 Å². The van der Waals surface area contributed by atoms with Gasteiger partial charge in [0.15, 0.2) is 0 Å². The summed E-state index contributed by atoms with van der Waals surface area (Å²) in [7, 11) is 0. The van der Waals surface area contributed by atoms with Gasteiger partial charge in [0.2, 0.25) is 5.89 Å². The second-order valence-electron chi connectivity index (χ2n) is 2.63. The molecule has 1 unspecified atom stereocenters. The number of aromatic nitrogens is 2. The number of hydrogen-bond acceptors (Lipinski definition) is 5. The van der Waals surface area contributed by atoms with Gasteiger partial charge in [0.25, 0.3) is 0 Å².